The Balaban J connectivity index is 1.30. The second-order valence-corrected chi connectivity index (χ2v) is 6.28. The van der Waals surface area contributed by atoms with Crippen molar-refractivity contribution in [1.82, 2.24) is 25.0 Å². The molecule has 8 heteroatoms. The summed E-state index contributed by atoms with van der Waals surface area (Å²) in [5.74, 6) is 1.49. The van der Waals surface area contributed by atoms with Gasteiger partial charge in [0, 0.05) is 31.2 Å². The van der Waals surface area contributed by atoms with E-state index in [1.165, 1.54) is 0 Å². The Bertz CT molecular complexity index is 905. The molecular formula is C18H18N6O2. The van der Waals surface area contributed by atoms with Crippen LogP contribution in [0.3, 0.4) is 0 Å². The highest BCUT2D eigenvalue weighted by molar-refractivity contribution is 5.93. The number of nitrogens with zero attached hydrogens (tertiary/aromatic N) is 5. The van der Waals surface area contributed by atoms with E-state index < -0.39 is 0 Å². The quantitative estimate of drug-likeness (QED) is 0.750. The van der Waals surface area contributed by atoms with Crippen LogP contribution in [0.15, 0.2) is 47.2 Å². The van der Waals surface area contributed by atoms with Gasteiger partial charge in [-0.15, -0.1) is 0 Å². The highest BCUT2D eigenvalue weighted by atomic mass is 16.5. The highest BCUT2D eigenvalue weighted by Crippen LogP contribution is 2.26. The molecule has 0 radical (unpaired) electrons. The Labute approximate surface area is 150 Å². The maximum atomic E-state index is 12.2. The van der Waals surface area contributed by atoms with Crippen molar-refractivity contribution in [2.45, 2.75) is 12.8 Å². The maximum absolute atomic E-state index is 12.2. The maximum Gasteiger partial charge on any atom is 0.240 e. The first-order chi connectivity index (χ1) is 12.7. The highest BCUT2D eigenvalue weighted by Gasteiger charge is 2.33. The number of para-hydroxylation sites is 1. The molecule has 0 bridgehead atoms. The van der Waals surface area contributed by atoms with Crippen molar-refractivity contribution < 1.29 is 9.32 Å². The molecule has 1 aromatic carbocycles. The van der Waals surface area contributed by atoms with Crippen molar-refractivity contribution in [2.24, 2.45) is 0 Å². The van der Waals surface area contributed by atoms with Gasteiger partial charge in [0.25, 0.3) is 0 Å². The number of nitrogens with one attached hydrogen (secondary N) is 1. The Morgan fingerprint density at radius 1 is 1.19 bits per heavy atom. The average molecular weight is 350 g/mol. The summed E-state index contributed by atoms with van der Waals surface area (Å²) in [6.07, 6.45) is 3.27. The first-order valence-corrected chi connectivity index (χ1v) is 8.38. The smallest absolute Gasteiger partial charge is 0.240 e. The molecular weight excluding hydrogens is 332 g/mol. The number of anilines is 1. The van der Waals surface area contributed by atoms with E-state index in [1.807, 2.05) is 36.1 Å². The van der Waals surface area contributed by atoms with Gasteiger partial charge in [0.1, 0.15) is 0 Å². The Kier molecular flexibility index (Phi) is 4.40. The molecule has 1 N–H and O–H groups in total. The summed E-state index contributed by atoms with van der Waals surface area (Å²) in [6, 6.07) is 9.46. The first kappa shape index (κ1) is 16.3. The molecule has 1 saturated heterocycles. The van der Waals surface area contributed by atoms with Crippen LogP contribution in [0.25, 0.3) is 11.6 Å². The molecule has 4 rings (SSSR count). The topological polar surface area (TPSA) is 97.0 Å². The van der Waals surface area contributed by atoms with Crippen LogP contribution in [0.1, 0.15) is 17.4 Å². The summed E-state index contributed by atoms with van der Waals surface area (Å²) in [5, 5.41) is 6.87. The lowest BCUT2D eigenvalue weighted by atomic mass is 10.0. The number of hydrogen-bond donors (Lipinski definition) is 1. The van der Waals surface area contributed by atoms with E-state index in [-0.39, 0.29) is 11.8 Å². The van der Waals surface area contributed by atoms with Crippen molar-refractivity contribution in [2.75, 3.05) is 25.0 Å². The van der Waals surface area contributed by atoms with Crippen LogP contribution in [0.5, 0.6) is 0 Å². The van der Waals surface area contributed by atoms with Crippen LogP contribution in [0.2, 0.25) is 0 Å². The zero-order chi connectivity index (χ0) is 17.9. The number of benzene rings is 1. The molecule has 3 heterocycles. The number of carbonyl (C=O) groups is 1. The Morgan fingerprint density at radius 2 is 1.96 bits per heavy atom. The van der Waals surface area contributed by atoms with E-state index >= 15 is 0 Å². The summed E-state index contributed by atoms with van der Waals surface area (Å²) in [6.45, 7) is 3.73. The number of aryl methyl sites for hydroxylation is 1. The summed E-state index contributed by atoms with van der Waals surface area (Å²) in [5.41, 5.74) is 1.89. The van der Waals surface area contributed by atoms with Gasteiger partial charge in [0.05, 0.1) is 12.5 Å². The molecule has 132 valence electrons. The molecule has 8 nitrogen and oxygen atoms in total. The van der Waals surface area contributed by atoms with Gasteiger partial charge in [-0.2, -0.15) is 4.98 Å². The van der Waals surface area contributed by atoms with Crippen molar-refractivity contribution in [1.29, 1.82) is 0 Å². The number of rotatable bonds is 5. The molecule has 1 fully saturated rings. The number of aromatic nitrogens is 4. The van der Waals surface area contributed by atoms with E-state index in [2.05, 4.69) is 25.4 Å². The van der Waals surface area contributed by atoms with Crippen LogP contribution in [0, 0.1) is 6.92 Å². The van der Waals surface area contributed by atoms with Crippen molar-refractivity contribution in [3.8, 4) is 11.6 Å². The third-order valence-electron chi connectivity index (χ3n) is 4.30. The van der Waals surface area contributed by atoms with E-state index in [1.54, 1.807) is 18.5 Å². The van der Waals surface area contributed by atoms with Crippen molar-refractivity contribution >= 4 is 11.6 Å². The third-order valence-corrected chi connectivity index (χ3v) is 4.30. The van der Waals surface area contributed by atoms with E-state index in [0.717, 1.165) is 11.3 Å². The van der Waals surface area contributed by atoms with Crippen LogP contribution in [-0.4, -0.2) is 50.5 Å². The van der Waals surface area contributed by atoms with Gasteiger partial charge in [0.2, 0.25) is 23.4 Å². The fourth-order valence-corrected chi connectivity index (χ4v) is 2.87. The van der Waals surface area contributed by atoms with E-state index in [4.69, 9.17) is 4.52 Å². The molecule has 1 aliphatic heterocycles. The minimum absolute atomic E-state index is 0.0262. The molecule has 0 atom stereocenters. The summed E-state index contributed by atoms with van der Waals surface area (Å²) < 4.78 is 5.32. The molecule has 1 amide bonds. The number of carbonyl (C=O) groups excluding carboxylic acids is 1. The number of likely N-dealkylation sites (tertiary alicyclic amines) is 1. The fraction of sp³-hybridized carbons (Fsp3) is 0.278. The summed E-state index contributed by atoms with van der Waals surface area (Å²) >= 11 is 0. The van der Waals surface area contributed by atoms with Crippen molar-refractivity contribution in [3.05, 3.63) is 54.2 Å². The molecule has 0 saturated carbocycles. The van der Waals surface area contributed by atoms with Crippen molar-refractivity contribution in [3.63, 3.8) is 0 Å². The minimum Gasteiger partial charge on any atom is -0.338 e. The summed E-state index contributed by atoms with van der Waals surface area (Å²) in [7, 11) is 0. The zero-order valence-electron chi connectivity index (χ0n) is 14.3. The third kappa shape index (κ3) is 3.45. The lowest BCUT2D eigenvalue weighted by Crippen LogP contribution is -2.48. The van der Waals surface area contributed by atoms with Gasteiger partial charge in [0.15, 0.2) is 0 Å². The Hall–Kier alpha value is -3.13. The second kappa shape index (κ2) is 7.01. The van der Waals surface area contributed by atoms with Gasteiger partial charge in [-0.1, -0.05) is 23.4 Å². The van der Waals surface area contributed by atoms with Crippen LogP contribution < -0.4 is 5.32 Å². The molecule has 3 aromatic rings. The minimum atomic E-state index is -0.0262. The first-order valence-electron chi connectivity index (χ1n) is 8.38. The van der Waals surface area contributed by atoms with Crippen LogP contribution >= 0.6 is 0 Å². The summed E-state index contributed by atoms with van der Waals surface area (Å²) in [4.78, 5) is 26.8. The zero-order valence-corrected chi connectivity index (χ0v) is 14.3. The second-order valence-electron chi connectivity index (χ2n) is 6.28. The monoisotopic (exact) mass is 350 g/mol. The van der Waals surface area contributed by atoms with Gasteiger partial charge in [-0.3, -0.25) is 9.69 Å². The van der Waals surface area contributed by atoms with E-state index in [0.29, 0.717) is 37.2 Å². The molecule has 0 aliphatic carbocycles. The van der Waals surface area contributed by atoms with Gasteiger partial charge >= 0.3 is 0 Å². The lowest BCUT2D eigenvalue weighted by Gasteiger charge is -2.36. The fourth-order valence-electron chi connectivity index (χ4n) is 2.87. The average Bonchev–Trinajstić information content (AvgIpc) is 3.10. The standard InChI is InChI=1S/C18H18N6O2/c1-12-5-2-3-6-14(12)21-15(25)11-24-9-13(10-24)18-22-17(23-26-18)16-19-7-4-8-20-16/h2-8,13H,9-11H2,1H3,(H,21,25). The SMILES string of the molecule is Cc1ccccc1NC(=O)CN1CC(c2nc(-c3ncccn3)no2)C1. The molecule has 26 heavy (non-hydrogen) atoms. The van der Waals surface area contributed by atoms with Crippen LogP contribution in [-0.2, 0) is 4.79 Å². The van der Waals surface area contributed by atoms with Crippen LogP contribution in [0.4, 0.5) is 5.69 Å². The predicted molar refractivity (Wildman–Crippen MR) is 94.3 cm³/mol. The predicted octanol–water partition coefficient (Wildman–Crippen LogP) is 1.87. The molecule has 2 aromatic heterocycles. The van der Waals surface area contributed by atoms with Gasteiger partial charge < -0.3 is 9.84 Å². The van der Waals surface area contributed by atoms with Gasteiger partial charge in [-0.05, 0) is 24.6 Å². The van der Waals surface area contributed by atoms with E-state index in [9.17, 15) is 4.79 Å². The molecule has 0 spiro atoms. The molecule has 0 unspecified atom stereocenters. The largest absolute Gasteiger partial charge is 0.338 e. The molecule has 1 aliphatic rings. The normalized spacial score (nSPS) is 14.8. The number of amides is 1. The lowest BCUT2D eigenvalue weighted by molar-refractivity contribution is -0.118. The Morgan fingerprint density at radius 3 is 2.73 bits per heavy atom. The number of hydrogen-bond acceptors (Lipinski definition) is 7. The van der Waals surface area contributed by atoms with Gasteiger partial charge in [-0.25, -0.2) is 9.97 Å².